The Kier molecular flexibility index (Phi) is 9.08. The molecule has 1 amide bonds. The number of halogens is 3. The Morgan fingerprint density at radius 2 is 1.89 bits per heavy atom. The van der Waals surface area contributed by atoms with E-state index >= 15 is 0 Å². The van der Waals surface area contributed by atoms with E-state index in [4.69, 9.17) is 10.5 Å². The number of rotatable bonds is 5. The van der Waals surface area contributed by atoms with Crippen LogP contribution in [0.25, 0.3) is 22.3 Å². The van der Waals surface area contributed by atoms with Crippen LogP contribution >= 0.6 is 0 Å². The summed E-state index contributed by atoms with van der Waals surface area (Å²) in [7, 11) is 1.68. The summed E-state index contributed by atoms with van der Waals surface area (Å²) in [6.07, 6.45) is 1.18. The molecule has 5 rings (SSSR count). The van der Waals surface area contributed by atoms with Gasteiger partial charge < -0.3 is 21.1 Å². The zero-order chi connectivity index (χ0) is 27.1. The molecule has 1 aromatic carbocycles. The van der Waals surface area contributed by atoms with Gasteiger partial charge in [0.2, 0.25) is 0 Å². The lowest BCUT2D eigenvalue weighted by Crippen LogP contribution is -2.52. The molecule has 1 unspecified atom stereocenters. The highest BCUT2D eigenvalue weighted by Gasteiger charge is 2.45. The van der Waals surface area contributed by atoms with Crippen molar-refractivity contribution in [3.63, 3.8) is 0 Å². The van der Waals surface area contributed by atoms with Crippen LogP contribution in [-0.4, -0.2) is 77.9 Å². The van der Waals surface area contributed by atoms with E-state index in [9.17, 15) is 18.0 Å². The molecular weight excluding hydrogens is 499 g/mol. The zero-order valence-corrected chi connectivity index (χ0v) is 21.2. The number of hydrogen-bond donors (Lipinski definition) is 3. The van der Waals surface area contributed by atoms with Gasteiger partial charge in [-0.1, -0.05) is 30.7 Å². The second kappa shape index (κ2) is 12.5. The van der Waals surface area contributed by atoms with E-state index in [0.717, 1.165) is 5.56 Å². The van der Waals surface area contributed by atoms with E-state index in [2.05, 4.69) is 25.6 Å². The number of morpholine rings is 1. The first-order chi connectivity index (χ1) is 18.3. The molecule has 2 aliphatic rings. The van der Waals surface area contributed by atoms with Crippen molar-refractivity contribution in [3.05, 3.63) is 47.8 Å². The smallest absolute Gasteiger partial charge is 0.378 e. The van der Waals surface area contributed by atoms with Crippen molar-refractivity contribution in [2.45, 2.75) is 38.0 Å². The summed E-state index contributed by atoms with van der Waals surface area (Å²) in [5, 5.41) is 6.20. The van der Waals surface area contributed by atoms with Crippen LogP contribution in [0.3, 0.4) is 0 Å². The van der Waals surface area contributed by atoms with Crippen molar-refractivity contribution in [1.82, 2.24) is 25.2 Å². The Hall–Kier alpha value is -3.35. The number of nitrogens with one attached hydrogen (secondary N) is 2. The first-order valence-corrected chi connectivity index (χ1v) is 12.6. The molecule has 4 N–H and O–H groups in total. The maximum Gasteiger partial charge on any atom is 0.406 e. The molecule has 2 aliphatic heterocycles. The predicted octanol–water partition coefficient (Wildman–Crippen LogP) is 3.36. The summed E-state index contributed by atoms with van der Waals surface area (Å²) >= 11 is 0. The maximum atomic E-state index is 13.3. The highest BCUT2D eigenvalue weighted by molar-refractivity contribution is 6.06. The Bertz CT molecular complexity index is 1220. The number of alkyl halides is 3. The van der Waals surface area contributed by atoms with E-state index < -0.39 is 18.1 Å². The summed E-state index contributed by atoms with van der Waals surface area (Å²) in [6.45, 7) is 2.74. The van der Waals surface area contributed by atoms with Gasteiger partial charge in [-0.25, -0.2) is 15.0 Å². The Balaban J connectivity index is 0.000000494. The molecule has 3 aromatic rings. The second-order valence-electron chi connectivity index (χ2n) is 9.20. The van der Waals surface area contributed by atoms with Crippen LogP contribution in [0.15, 0.2) is 36.7 Å². The van der Waals surface area contributed by atoms with E-state index in [-0.39, 0.29) is 31.9 Å². The zero-order valence-electron chi connectivity index (χ0n) is 21.2. The number of ether oxygens (including phenoxy) is 1. The molecule has 9 nitrogen and oxygen atoms in total. The topological polar surface area (TPSA) is 118 Å². The first-order valence-electron chi connectivity index (χ1n) is 12.6. The quantitative estimate of drug-likeness (QED) is 0.459. The lowest BCUT2D eigenvalue weighted by molar-refractivity contribution is -0.213. The summed E-state index contributed by atoms with van der Waals surface area (Å²) in [6, 6.07) is 6.91. The van der Waals surface area contributed by atoms with Crippen LogP contribution in [0.5, 0.6) is 0 Å². The number of fused-ring (bicyclic) bond motifs is 1. The number of piperidine rings is 1. The third kappa shape index (κ3) is 6.74. The van der Waals surface area contributed by atoms with Crippen molar-refractivity contribution in [3.8, 4) is 11.3 Å². The molecule has 0 spiro atoms. The van der Waals surface area contributed by atoms with E-state index in [1.807, 2.05) is 0 Å². The molecule has 2 saturated heterocycles. The number of primary amides is 1. The molecule has 2 fully saturated rings. The lowest BCUT2D eigenvalue weighted by Gasteiger charge is -2.36. The summed E-state index contributed by atoms with van der Waals surface area (Å²) < 4.78 is 44.9. The summed E-state index contributed by atoms with van der Waals surface area (Å²) in [5.41, 5.74) is 8.35. The van der Waals surface area contributed by atoms with Gasteiger partial charge >= 0.3 is 6.18 Å². The predicted molar refractivity (Wildman–Crippen MR) is 139 cm³/mol. The molecule has 12 heteroatoms. The van der Waals surface area contributed by atoms with Crippen LogP contribution in [0.1, 0.15) is 35.2 Å². The molecule has 38 heavy (non-hydrogen) atoms. The van der Waals surface area contributed by atoms with Crippen molar-refractivity contribution < 1.29 is 22.7 Å². The van der Waals surface area contributed by atoms with Gasteiger partial charge in [-0.3, -0.25) is 9.69 Å². The van der Waals surface area contributed by atoms with Crippen LogP contribution in [0, 0.1) is 0 Å². The van der Waals surface area contributed by atoms with Gasteiger partial charge in [-0.05, 0) is 37.6 Å². The SMILES string of the molecule is C1CCNCC1.CNc1ncnc2c(C(N)=O)cc(-c3ccc(CN4CCOCC4C(F)(F)F)cc3)nc12. The summed E-state index contributed by atoms with van der Waals surface area (Å²) in [5.74, 6) is -0.206. The Morgan fingerprint density at radius 1 is 1.16 bits per heavy atom. The largest absolute Gasteiger partial charge is 0.406 e. The van der Waals surface area contributed by atoms with Crippen molar-refractivity contribution in [2.75, 3.05) is 45.2 Å². The number of nitrogens with two attached hydrogens (primary N) is 1. The first kappa shape index (κ1) is 27.7. The number of amides is 1. The fourth-order valence-electron chi connectivity index (χ4n) is 4.50. The molecule has 2 aromatic heterocycles. The van der Waals surface area contributed by atoms with E-state index in [1.165, 1.54) is 43.6 Å². The standard InChI is InChI=1S/C21H21F3N6O2.C5H11N/c1-26-20-18-17(27-11-28-20)14(19(25)31)8-15(29-18)13-4-2-12(3-5-13)9-30-6-7-32-10-16(30)21(22,23)24;1-2-4-6-5-3-1/h2-5,8,11,16H,6-7,9-10H2,1H3,(H2,25,31)(H,26,27,28);6H,1-5H2. The van der Waals surface area contributed by atoms with Crippen LogP contribution in [0.4, 0.5) is 19.0 Å². The minimum absolute atomic E-state index is 0.142. The minimum atomic E-state index is -4.35. The molecule has 1 atom stereocenters. The van der Waals surface area contributed by atoms with Crippen LogP contribution in [0.2, 0.25) is 0 Å². The lowest BCUT2D eigenvalue weighted by atomic mass is 10.0. The number of carbonyl (C=O) groups is 1. The number of pyridine rings is 1. The minimum Gasteiger partial charge on any atom is -0.378 e. The van der Waals surface area contributed by atoms with Gasteiger partial charge in [0.1, 0.15) is 23.4 Å². The van der Waals surface area contributed by atoms with Gasteiger partial charge in [0, 0.05) is 25.7 Å². The van der Waals surface area contributed by atoms with Crippen molar-refractivity contribution in [2.24, 2.45) is 5.73 Å². The number of anilines is 1. The molecular formula is C26H32F3N7O2. The van der Waals surface area contributed by atoms with E-state index in [0.29, 0.717) is 28.1 Å². The third-order valence-corrected chi connectivity index (χ3v) is 6.55. The third-order valence-electron chi connectivity index (χ3n) is 6.55. The molecule has 0 radical (unpaired) electrons. The Labute approximate surface area is 219 Å². The maximum absolute atomic E-state index is 13.3. The van der Waals surface area contributed by atoms with Gasteiger partial charge in [-0.2, -0.15) is 13.2 Å². The van der Waals surface area contributed by atoms with Crippen molar-refractivity contribution >= 4 is 22.8 Å². The molecule has 0 bridgehead atoms. The number of nitrogens with zero attached hydrogens (tertiary/aromatic N) is 4. The van der Waals surface area contributed by atoms with Gasteiger partial charge in [0.15, 0.2) is 5.82 Å². The molecule has 0 saturated carbocycles. The number of aromatic nitrogens is 3. The van der Waals surface area contributed by atoms with Crippen LogP contribution in [-0.2, 0) is 11.3 Å². The van der Waals surface area contributed by atoms with Gasteiger partial charge in [0.25, 0.3) is 5.91 Å². The van der Waals surface area contributed by atoms with Crippen molar-refractivity contribution in [1.29, 1.82) is 0 Å². The average molecular weight is 532 g/mol. The highest BCUT2D eigenvalue weighted by Crippen LogP contribution is 2.30. The summed E-state index contributed by atoms with van der Waals surface area (Å²) in [4.78, 5) is 26.2. The Morgan fingerprint density at radius 3 is 2.47 bits per heavy atom. The fourth-order valence-corrected chi connectivity index (χ4v) is 4.50. The number of hydrogen-bond acceptors (Lipinski definition) is 8. The second-order valence-corrected chi connectivity index (χ2v) is 9.20. The molecule has 4 heterocycles. The normalized spacial score (nSPS) is 18.5. The highest BCUT2D eigenvalue weighted by atomic mass is 19.4. The monoisotopic (exact) mass is 531 g/mol. The number of carbonyl (C=O) groups excluding carboxylic acids is 1. The van der Waals surface area contributed by atoms with E-state index in [1.54, 1.807) is 37.4 Å². The molecule has 204 valence electrons. The fraction of sp³-hybridized carbons (Fsp3) is 0.462. The average Bonchev–Trinajstić information content (AvgIpc) is 2.93. The van der Waals surface area contributed by atoms with Gasteiger partial charge in [-0.15, -0.1) is 0 Å². The number of benzene rings is 1. The van der Waals surface area contributed by atoms with Crippen LogP contribution < -0.4 is 16.4 Å². The molecule has 0 aliphatic carbocycles. The van der Waals surface area contributed by atoms with Gasteiger partial charge in [0.05, 0.1) is 24.5 Å².